The van der Waals surface area contributed by atoms with Crippen LogP contribution in [0.15, 0.2) is 0 Å². The topological polar surface area (TPSA) is 32.3 Å². The van der Waals surface area contributed by atoms with Crippen molar-refractivity contribution >= 4 is 5.91 Å². The van der Waals surface area contributed by atoms with Gasteiger partial charge in [0.05, 0.1) is 12.2 Å². The van der Waals surface area contributed by atoms with Gasteiger partial charge < -0.3 is 4.90 Å². The van der Waals surface area contributed by atoms with Gasteiger partial charge in [-0.2, -0.15) is 0 Å². The fourth-order valence-corrected chi connectivity index (χ4v) is 2.58. The molecule has 3 heteroatoms. The Labute approximate surface area is 119 Å². The highest BCUT2D eigenvalue weighted by Gasteiger charge is 2.39. The molecule has 0 aromatic rings. The predicted molar refractivity (Wildman–Crippen MR) is 80.9 cm³/mol. The molecule has 2 unspecified atom stereocenters. The van der Waals surface area contributed by atoms with Crippen LogP contribution in [0.1, 0.15) is 67.2 Å². The number of rotatable bonds is 6. The Morgan fingerprint density at radius 3 is 2.42 bits per heavy atom. The smallest absolute Gasteiger partial charge is 0.241 e. The molecule has 0 bridgehead atoms. The first-order valence-corrected chi connectivity index (χ1v) is 7.83. The summed E-state index contributed by atoms with van der Waals surface area (Å²) in [5.41, 5.74) is 0.281. The fraction of sp³-hybridized carbons (Fsp3) is 0.938. The van der Waals surface area contributed by atoms with Crippen LogP contribution in [0.4, 0.5) is 0 Å². The molecular weight excluding hydrogens is 236 g/mol. The molecule has 19 heavy (non-hydrogen) atoms. The van der Waals surface area contributed by atoms with Crippen molar-refractivity contribution in [2.45, 2.75) is 79.4 Å². The maximum Gasteiger partial charge on any atom is 0.241 e. The second kappa shape index (κ2) is 6.74. The van der Waals surface area contributed by atoms with E-state index in [0.29, 0.717) is 11.8 Å². The largest absolute Gasteiger partial charge is 0.326 e. The average Bonchev–Trinajstić information content (AvgIpc) is 2.60. The molecule has 0 saturated carbocycles. The SMILES string of the molecule is CCCCC1NC(C(C)C)N(CCC(C)(C)C)C1=O. The van der Waals surface area contributed by atoms with Crippen LogP contribution in [0, 0.1) is 11.3 Å². The van der Waals surface area contributed by atoms with E-state index < -0.39 is 0 Å². The van der Waals surface area contributed by atoms with Crippen LogP contribution < -0.4 is 5.32 Å². The van der Waals surface area contributed by atoms with Gasteiger partial charge in [0, 0.05) is 6.54 Å². The highest BCUT2D eigenvalue weighted by Crippen LogP contribution is 2.25. The summed E-state index contributed by atoms with van der Waals surface area (Å²) in [4.78, 5) is 14.6. The summed E-state index contributed by atoms with van der Waals surface area (Å²) in [7, 11) is 0. The van der Waals surface area contributed by atoms with Crippen LogP contribution in [0.25, 0.3) is 0 Å². The Bertz CT molecular complexity index is 294. The van der Waals surface area contributed by atoms with Gasteiger partial charge in [-0.15, -0.1) is 0 Å². The standard InChI is InChI=1S/C16H32N2O/c1-7-8-9-13-15(19)18(11-10-16(4,5)6)14(17-13)12(2)3/h12-14,17H,7-11H2,1-6H3. The van der Waals surface area contributed by atoms with E-state index >= 15 is 0 Å². The molecule has 0 aromatic carbocycles. The zero-order valence-corrected chi connectivity index (χ0v) is 13.6. The van der Waals surface area contributed by atoms with E-state index in [-0.39, 0.29) is 17.6 Å². The first-order valence-electron chi connectivity index (χ1n) is 7.83. The Balaban J connectivity index is 2.66. The molecule has 1 saturated heterocycles. The number of hydrogen-bond donors (Lipinski definition) is 1. The van der Waals surface area contributed by atoms with Crippen molar-refractivity contribution in [1.82, 2.24) is 10.2 Å². The quantitative estimate of drug-likeness (QED) is 0.801. The molecule has 0 aromatic heterocycles. The zero-order chi connectivity index (χ0) is 14.6. The number of amides is 1. The van der Waals surface area contributed by atoms with E-state index in [0.717, 1.165) is 32.2 Å². The molecule has 0 spiro atoms. The van der Waals surface area contributed by atoms with Gasteiger partial charge in [0.15, 0.2) is 0 Å². The van der Waals surface area contributed by atoms with Gasteiger partial charge in [-0.05, 0) is 24.2 Å². The number of unbranched alkanes of at least 4 members (excludes halogenated alkanes) is 1. The van der Waals surface area contributed by atoms with Crippen molar-refractivity contribution in [1.29, 1.82) is 0 Å². The third kappa shape index (κ3) is 4.79. The highest BCUT2D eigenvalue weighted by molar-refractivity contribution is 5.84. The molecule has 1 N–H and O–H groups in total. The molecule has 1 fully saturated rings. The first kappa shape index (κ1) is 16.5. The molecule has 0 radical (unpaired) electrons. The lowest BCUT2D eigenvalue weighted by Crippen LogP contribution is -2.42. The summed E-state index contributed by atoms with van der Waals surface area (Å²) in [6.45, 7) is 14.1. The van der Waals surface area contributed by atoms with E-state index in [1.807, 2.05) is 0 Å². The molecule has 1 rings (SSSR count). The van der Waals surface area contributed by atoms with Gasteiger partial charge in [-0.1, -0.05) is 54.4 Å². The minimum atomic E-state index is 0.0484. The van der Waals surface area contributed by atoms with E-state index in [4.69, 9.17) is 0 Å². The first-order chi connectivity index (χ1) is 8.76. The molecule has 0 aliphatic carbocycles. The Kier molecular flexibility index (Phi) is 5.84. The monoisotopic (exact) mass is 268 g/mol. The summed E-state index contributed by atoms with van der Waals surface area (Å²) >= 11 is 0. The number of nitrogens with one attached hydrogen (secondary N) is 1. The molecule has 1 aliphatic heterocycles. The number of carbonyl (C=O) groups excluding carboxylic acids is 1. The second-order valence-corrected chi connectivity index (χ2v) is 7.39. The van der Waals surface area contributed by atoms with E-state index in [1.54, 1.807) is 0 Å². The second-order valence-electron chi connectivity index (χ2n) is 7.39. The van der Waals surface area contributed by atoms with Gasteiger partial charge >= 0.3 is 0 Å². The number of nitrogens with zero attached hydrogens (tertiary/aromatic N) is 1. The molecule has 3 nitrogen and oxygen atoms in total. The van der Waals surface area contributed by atoms with Crippen molar-refractivity contribution in [2.24, 2.45) is 11.3 Å². The predicted octanol–water partition coefficient (Wildman–Crippen LogP) is 3.40. The van der Waals surface area contributed by atoms with Crippen molar-refractivity contribution in [3.8, 4) is 0 Å². The normalized spacial score (nSPS) is 24.6. The summed E-state index contributed by atoms with van der Waals surface area (Å²) in [6.07, 6.45) is 4.53. The van der Waals surface area contributed by atoms with Crippen LogP contribution in [0.5, 0.6) is 0 Å². The van der Waals surface area contributed by atoms with Crippen molar-refractivity contribution in [3.05, 3.63) is 0 Å². The van der Waals surface area contributed by atoms with Crippen molar-refractivity contribution in [3.63, 3.8) is 0 Å². The third-order valence-electron chi connectivity index (χ3n) is 3.87. The Hall–Kier alpha value is -0.570. The number of hydrogen-bond acceptors (Lipinski definition) is 2. The van der Waals surface area contributed by atoms with Gasteiger partial charge in [-0.3, -0.25) is 10.1 Å². The van der Waals surface area contributed by atoms with Crippen LogP contribution in [0.3, 0.4) is 0 Å². The van der Waals surface area contributed by atoms with E-state index in [2.05, 4.69) is 51.8 Å². The summed E-state index contributed by atoms with van der Waals surface area (Å²) < 4.78 is 0. The maximum absolute atomic E-state index is 12.5. The Morgan fingerprint density at radius 2 is 1.95 bits per heavy atom. The molecule has 112 valence electrons. The maximum atomic E-state index is 12.5. The lowest BCUT2D eigenvalue weighted by molar-refractivity contribution is -0.130. The minimum absolute atomic E-state index is 0.0484. The van der Waals surface area contributed by atoms with Crippen molar-refractivity contribution < 1.29 is 4.79 Å². The highest BCUT2D eigenvalue weighted by atomic mass is 16.2. The molecular formula is C16H32N2O. The molecule has 1 aliphatic rings. The van der Waals surface area contributed by atoms with E-state index in [9.17, 15) is 4.79 Å². The number of carbonyl (C=O) groups is 1. The van der Waals surface area contributed by atoms with E-state index in [1.165, 1.54) is 0 Å². The van der Waals surface area contributed by atoms with Gasteiger partial charge in [0.2, 0.25) is 5.91 Å². The lowest BCUT2D eigenvalue weighted by atomic mass is 9.92. The fourth-order valence-electron chi connectivity index (χ4n) is 2.58. The van der Waals surface area contributed by atoms with Crippen LogP contribution in [-0.2, 0) is 4.79 Å². The summed E-state index contributed by atoms with van der Waals surface area (Å²) in [6, 6.07) is 0.0484. The van der Waals surface area contributed by atoms with Crippen molar-refractivity contribution in [2.75, 3.05) is 6.54 Å². The Morgan fingerprint density at radius 1 is 1.32 bits per heavy atom. The molecule has 1 amide bonds. The average molecular weight is 268 g/mol. The zero-order valence-electron chi connectivity index (χ0n) is 13.6. The van der Waals surface area contributed by atoms with Gasteiger partial charge in [0.1, 0.15) is 0 Å². The molecule has 2 atom stereocenters. The van der Waals surface area contributed by atoms with Gasteiger partial charge in [-0.25, -0.2) is 0 Å². The summed E-state index contributed by atoms with van der Waals surface area (Å²) in [5.74, 6) is 0.784. The minimum Gasteiger partial charge on any atom is -0.326 e. The van der Waals surface area contributed by atoms with Gasteiger partial charge in [0.25, 0.3) is 0 Å². The molecule has 1 heterocycles. The third-order valence-corrected chi connectivity index (χ3v) is 3.87. The van der Waals surface area contributed by atoms with Crippen LogP contribution in [-0.4, -0.2) is 29.6 Å². The lowest BCUT2D eigenvalue weighted by Gasteiger charge is -2.30. The summed E-state index contributed by atoms with van der Waals surface area (Å²) in [5, 5.41) is 3.54. The van der Waals surface area contributed by atoms with Crippen LogP contribution >= 0.6 is 0 Å². The van der Waals surface area contributed by atoms with Crippen LogP contribution in [0.2, 0.25) is 0 Å².